The number of esters is 1. The number of ether oxygens (including phenoxy) is 1. The minimum atomic E-state index is -1.43. The average Bonchev–Trinajstić information content (AvgIpc) is 2.42. The summed E-state index contributed by atoms with van der Waals surface area (Å²) in [7, 11) is 0. The van der Waals surface area contributed by atoms with E-state index in [4.69, 9.17) is 33.0 Å². The lowest BCUT2D eigenvalue weighted by atomic mass is 10.3. The van der Waals surface area contributed by atoms with Gasteiger partial charge in [-0.2, -0.15) is 4.98 Å². The number of aromatic carboxylic acids is 1. The van der Waals surface area contributed by atoms with E-state index in [0.29, 0.717) is 5.69 Å². The van der Waals surface area contributed by atoms with E-state index in [0.717, 1.165) is 6.07 Å². The Kier molecular flexibility index (Phi) is 4.43. The number of aryl methyl sites for hydroxylation is 1. The molecule has 2 aromatic rings. The van der Waals surface area contributed by atoms with Crippen LogP contribution in [0.4, 0.5) is 0 Å². The van der Waals surface area contributed by atoms with Crippen LogP contribution in [0.2, 0.25) is 10.2 Å². The molecule has 0 aliphatic carbocycles. The quantitative estimate of drug-likeness (QED) is 0.642. The van der Waals surface area contributed by atoms with E-state index in [9.17, 15) is 14.4 Å². The fraction of sp³-hybridized carbons (Fsp3) is 0.0833. The Hall–Kier alpha value is -2.45. The van der Waals surface area contributed by atoms with Crippen LogP contribution in [0, 0.1) is 6.92 Å². The number of carboxylic acids is 1. The first kappa shape index (κ1) is 15.9. The first-order valence-corrected chi connectivity index (χ1v) is 6.42. The van der Waals surface area contributed by atoms with Crippen LogP contribution in [0.25, 0.3) is 0 Å². The van der Waals surface area contributed by atoms with Crippen molar-refractivity contribution in [2.24, 2.45) is 0 Å². The Morgan fingerprint density at radius 2 is 2.05 bits per heavy atom. The maximum Gasteiger partial charge on any atom is 0.369 e. The smallest absolute Gasteiger partial charge is 0.369 e. The molecule has 8 nitrogen and oxygen atoms in total. The number of carboxylic acid groups (broad SMARTS) is 1. The van der Waals surface area contributed by atoms with E-state index in [1.807, 2.05) is 0 Å². The predicted molar refractivity (Wildman–Crippen MR) is 75.8 cm³/mol. The Morgan fingerprint density at radius 1 is 1.36 bits per heavy atom. The zero-order valence-electron chi connectivity index (χ0n) is 10.9. The van der Waals surface area contributed by atoms with Crippen molar-refractivity contribution in [2.45, 2.75) is 6.92 Å². The third kappa shape index (κ3) is 3.23. The number of hydrogen-bond donors (Lipinski definition) is 2. The van der Waals surface area contributed by atoms with Gasteiger partial charge in [-0.15, -0.1) is 0 Å². The molecule has 0 saturated carbocycles. The van der Waals surface area contributed by atoms with E-state index in [-0.39, 0.29) is 10.2 Å². The highest BCUT2D eigenvalue weighted by atomic mass is 35.5. The van der Waals surface area contributed by atoms with Gasteiger partial charge in [-0.05, 0) is 13.0 Å². The minimum absolute atomic E-state index is 0.120. The molecule has 2 heterocycles. The van der Waals surface area contributed by atoms with Gasteiger partial charge in [-0.3, -0.25) is 4.79 Å². The second kappa shape index (κ2) is 6.12. The molecule has 0 aliphatic rings. The van der Waals surface area contributed by atoms with E-state index in [1.54, 1.807) is 6.92 Å². The molecule has 0 amide bonds. The summed E-state index contributed by atoms with van der Waals surface area (Å²) in [6, 6.07) is 0.981. The van der Waals surface area contributed by atoms with Crippen LogP contribution >= 0.6 is 23.2 Å². The maximum absolute atomic E-state index is 11.9. The number of nitrogens with one attached hydrogen (secondary N) is 1. The lowest BCUT2D eigenvalue weighted by molar-refractivity contribution is 0.0675. The number of halogens is 2. The summed E-state index contributed by atoms with van der Waals surface area (Å²) in [5.41, 5.74) is -1.36. The molecule has 2 rings (SSSR count). The van der Waals surface area contributed by atoms with Gasteiger partial charge in [0, 0.05) is 11.9 Å². The van der Waals surface area contributed by atoms with Crippen molar-refractivity contribution in [1.29, 1.82) is 0 Å². The number of carbonyl (C=O) groups is 2. The second-order valence-corrected chi connectivity index (χ2v) is 4.82. The monoisotopic (exact) mass is 343 g/mol. The van der Waals surface area contributed by atoms with Gasteiger partial charge in [0.15, 0.2) is 5.15 Å². The highest BCUT2D eigenvalue weighted by Crippen LogP contribution is 2.27. The molecule has 0 radical (unpaired) electrons. The number of aromatic amines is 1. The van der Waals surface area contributed by atoms with Gasteiger partial charge in [-0.1, -0.05) is 23.2 Å². The summed E-state index contributed by atoms with van der Waals surface area (Å²) in [6.45, 7) is 1.58. The largest absolute Gasteiger partial charge is 0.477 e. The fourth-order valence-corrected chi connectivity index (χ4v) is 1.74. The Labute approximate surface area is 132 Å². The van der Waals surface area contributed by atoms with Crippen molar-refractivity contribution in [3.05, 3.63) is 49.7 Å². The molecule has 22 heavy (non-hydrogen) atoms. The highest BCUT2D eigenvalue weighted by Gasteiger charge is 2.22. The first-order chi connectivity index (χ1) is 10.3. The van der Waals surface area contributed by atoms with E-state index in [1.165, 1.54) is 6.20 Å². The predicted octanol–water partition coefficient (Wildman–Crippen LogP) is 1.70. The molecule has 10 heteroatoms. The van der Waals surface area contributed by atoms with Crippen molar-refractivity contribution in [2.75, 3.05) is 0 Å². The molecule has 114 valence electrons. The van der Waals surface area contributed by atoms with Gasteiger partial charge in [0.25, 0.3) is 5.56 Å². The van der Waals surface area contributed by atoms with Crippen LogP contribution in [-0.2, 0) is 0 Å². The zero-order chi connectivity index (χ0) is 16.4. The summed E-state index contributed by atoms with van der Waals surface area (Å²) in [4.78, 5) is 44.2. The molecule has 0 atom stereocenters. The lowest BCUT2D eigenvalue weighted by Gasteiger charge is -2.07. The maximum atomic E-state index is 11.9. The Morgan fingerprint density at radius 3 is 2.64 bits per heavy atom. The van der Waals surface area contributed by atoms with Gasteiger partial charge in [0.1, 0.15) is 5.56 Å². The van der Waals surface area contributed by atoms with Crippen LogP contribution < -0.4 is 10.3 Å². The molecule has 0 fully saturated rings. The van der Waals surface area contributed by atoms with Gasteiger partial charge < -0.3 is 14.8 Å². The number of aromatic nitrogens is 3. The number of nitrogens with zero attached hydrogens (tertiary/aromatic N) is 2. The van der Waals surface area contributed by atoms with E-state index in [2.05, 4.69) is 15.0 Å². The summed E-state index contributed by atoms with van der Waals surface area (Å²) in [6.07, 6.45) is 1.25. The van der Waals surface area contributed by atoms with Crippen molar-refractivity contribution in [3.63, 3.8) is 0 Å². The SMILES string of the molecule is Cc1cnc(C(=O)Oc2nc(Cl)c(Cl)cc2C(=O)O)c(=O)[nH]1. The lowest BCUT2D eigenvalue weighted by Crippen LogP contribution is -2.25. The Balaban J connectivity index is 2.42. The molecule has 0 aliphatic heterocycles. The second-order valence-electron chi connectivity index (χ2n) is 4.05. The normalized spacial score (nSPS) is 10.3. The average molecular weight is 344 g/mol. The molecule has 2 N–H and O–H groups in total. The van der Waals surface area contributed by atoms with Crippen LogP contribution in [-0.4, -0.2) is 32.0 Å². The highest BCUT2D eigenvalue weighted by molar-refractivity contribution is 6.41. The van der Waals surface area contributed by atoms with Crippen molar-refractivity contribution < 1.29 is 19.4 Å². The number of pyridine rings is 1. The van der Waals surface area contributed by atoms with Gasteiger partial charge >= 0.3 is 11.9 Å². The molecule has 0 unspecified atom stereocenters. The van der Waals surface area contributed by atoms with Crippen molar-refractivity contribution in [3.8, 4) is 5.88 Å². The molecular weight excluding hydrogens is 337 g/mol. The Bertz CT molecular complexity index is 834. The van der Waals surface area contributed by atoms with E-state index >= 15 is 0 Å². The van der Waals surface area contributed by atoms with Gasteiger partial charge in [0.2, 0.25) is 11.6 Å². The molecular formula is C12H7Cl2N3O5. The van der Waals surface area contributed by atoms with Crippen molar-refractivity contribution in [1.82, 2.24) is 15.0 Å². The number of carbonyl (C=O) groups excluding carboxylic acids is 1. The third-order valence-electron chi connectivity index (χ3n) is 2.42. The molecule has 2 aromatic heterocycles. The molecule has 0 aromatic carbocycles. The summed E-state index contributed by atoms with van der Waals surface area (Å²) in [5.74, 6) is -3.19. The summed E-state index contributed by atoms with van der Waals surface area (Å²) < 4.78 is 4.79. The fourth-order valence-electron chi connectivity index (χ4n) is 1.45. The molecule has 0 spiro atoms. The van der Waals surface area contributed by atoms with Crippen LogP contribution in [0.1, 0.15) is 26.5 Å². The van der Waals surface area contributed by atoms with Crippen molar-refractivity contribution >= 4 is 35.1 Å². The van der Waals surface area contributed by atoms with Crippen LogP contribution in [0.5, 0.6) is 5.88 Å². The molecule has 0 bridgehead atoms. The van der Waals surface area contributed by atoms with E-state index < -0.39 is 34.6 Å². The van der Waals surface area contributed by atoms with Gasteiger partial charge in [0.05, 0.1) is 5.02 Å². The van der Waals surface area contributed by atoms with Gasteiger partial charge in [-0.25, -0.2) is 14.6 Å². The first-order valence-electron chi connectivity index (χ1n) is 5.67. The summed E-state index contributed by atoms with van der Waals surface area (Å²) in [5, 5.41) is 8.67. The standard InChI is InChI=1S/C12H7Cl2N3O5/c1-4-3-15-7(9(18)16-4)12(21)22-10-5(11(19)20)2-6(13)8(14)17-10/h2-3H,1H3,(H,16,18)(H,19,20). The topological polar surface area (TPSA) is 122 Å². The third-order valence-corrected chi connectivity index (χ3v) is 3.10. The molecule has 0 saturated heterocycles. The van der Waals surface area contributed by atoms with Crippen LogP contribution in [0.15, 0.2) is 17.1 Å². The number of H-pyrrole nitrogens is 1. The zero-order valence-corrected chi connectivity index (χ0v) is 12.4. The summed E-state index contributed by atoms with van der Waals surface area (Å²) >= 11 is 11.3. The minimum Gasteiger partial charge on any atom is -0.477 e. The number of rotatable bonds is 3. The number of hydrogen-bond acceptors (Lipinski definition) is 6. The van der Waals surface area contributed by atoms with Crippen LogP contribution in [0.3, 0.4) is 0 Å².